The van der Waals surface area contributed by atoms with E-state index in [-0.39, 0.29) is 0 Å². The average molecular weight is 288 g/mol. The van der Waals surface area contributed by atoms with Crippen LogP contribution in [0.5, 0.6) is 0 Å². The molecule has 0 atom stereocenters. The van der Waals surface area contributed by atoms with Crippen LogP contribution in [0.2, 0.25) is 35.3 Å². The van der Waals surface area contributed by atoms with Gasteiger partial charge in [-0.25, -0.2) is 0 Å². The van der Waals surface area contributed by atoms with E-state index in [1.807, 2.05) is 0 Å². The normalized spacial score (nSPS) is 13.8. The molecule has 0 fully saturated rings. The van der Waals surface area contributed by atoms with Crippen LogP contribution >= 0.6 is 0 Å². The highest BCUT2D eigenvalue weighted by Crippen LogP contribution is 2.36. The van der Waals surface area contributed by atoms with Crippen molar-refractivity contribution in [3.63, 3.8) is 0 Å². The topological polar surface area (TPSA) is 0 Å². The van der Waals surface area contributed by atoms with E-state index in [2.05, 4.69) is 55.4 Å². The summed E-state index contributed by atoms with van der Waals surface area (Å²) >= 11 is 0. The van der Waals surface area contributed by atoms with Crippen molar-refractivity contribution >= 4 is 23.7 Å². The summed E-state index contributed by atoms with van der Waals surface area (Å²) in [6.45, 7) is 20.1. The lowest BCUT2D eigenvalue weighted by atomic mass is 10.6. The molecule has 0 rings (SSSR count). The highest BCUT2D eigenvalue weighted by Gasteiger charge is 2.33. The second-order valence-corrected chi connectivity index (χ2v) is 27.1. The van der Waals surface area contributed by atoms with Gasteiger partial charge in [-0.3, -0.25) is 8.55 Å². The highest BCUT2D eigenvalue weighted by molar-refractivity contribution is 7.54. The summed E-state index contributed by atoms with van der Waals surface area (Å²) in [6, 6.07) is 6.16. The van der Waals surface area contributed by atoms with Crippen molar-refractivity contribution in [1.82, 2.24) is 0 Å². The van der Waals surface area contributed by atoms with Gasteiger partial charge in [-0.1, -0.05) is 106 Å². The lowest BCUT2D eigenvalue weighted by molar-refractivity contribution is 0.978. The highest BCUT2D eigenvalue weighted by atomic mass is 29.6. The number of hydrogen-bond donors (Lipinski definition) is 0. The van der Waals surface area contributed by atoms with E-state index >= 15 is 0 Å². The van der Waals surface area contributed by atoms with Crippen LogP contribution in [0, 0.1) is 0 Å². The molecule has 104 valence electrons. The van der Waals surface area contributed by atoms with Crippen LogP contribution in [0.4, 0.5) is 0 Å². The maximum Gasteiger partial charge on any atom is -0.0678 e. The first kappa shape index (κ1) is 17.7. The molecule has 0 heterocycles. The van der Waals surface area contributed by atoms with Gasteiger partial charge in [0.05, 0.1) is 0 Å². The van der Waals surface area contributed by atoms with E-state index in [9.17, 15) is 0 Å². The molecule has 0 aromatic carbocycles. The van der Waals surface area contributed by atoms with E-state index in [0.29, 0.717) is 0 Å². The van der Waals surface area contributed by atoms with E-state index in [1.54, 1.807) is 0 Å². The molecule has 0 N–H and O–H groups in total. The molecule has 0 bridgehead atoms. The summed E-state index contributed by atoms with van der Waals surface area (Å²) in [6.07, 6.45) is 0. The van der Waals surface area contributed by atoms with Crippen LogP contribution < -0.4 is 0 Å². The molecule has 0 aromatic rings. The summed E-state index contributed by atoms with van der Waals surface area (Å²) in [7, 11) is -1.03. The second-order valence-electron chi connectivity index (χ2n) is 6.33. The van der Waals surface area contributed by atoms with Crippen molar-refractivity contribution < 1.29 is 0 Å². The fourth-order valence-corrected chi connectivity index (χ4v) is 41.9. The summed E-state index contributed by atoms with van der Waals surface area (Å²) in [4.78, 5) is 0. The lowest BCUT2D eigenvalue weighted by Crippen LogP contribution is -2.59. The molecule has 0 radical (unpaired) electrons. The molecule has 0 aliphatic rings. The minimum Gasteiger partial charge on any atom is -0.270 e. The number of hydrogen-bond acceptors (Lipinski definition) is 0. The van der Waals surface area contributed by atoms with Gasteiger partial charge < -0.3 is 0 Å². The standard InChI is InChI=1S/C14H35Si3/c1-9-16(10-2,13(5)6)15-17(11-3,12-4)14(7)8/h13-15H,9-12H2,1-8H3/q-1. The van der Waals surface area contributed by atoms with Gasteiger partial charge in [0.15, 0.2) is 0 Å². The molecule has 0 nitrogen and oxygen atoms in total. The van der Waals surface area contributed by atoms with Gasteiger partial charge in [-0.05, 0) is 0 Å². The predicted molar refractivity (Wildman–Crippen MR) is 90.8 cm³/mol. The van der Waals surface area contributed by atoms with Crippen molar-refractivity contribution in [3.05, 3.63) is 0 Å². The first-order valence-corrected chi connectivity index (χ1v) is 16.3. The smallest absolute Gasteiger partial charge is 0.0678 e. The van der Waals surface area contributed by atoms with E-state index in [0.717, 1.165) is 19.6 Å². The van der Waals surface area contributed by atoms with Gasteiger partial charge in [0.2, 0.25) is 0 Å². The summed E-state index contributed by atoms with van der Waals surface area (Å²) < 4.78 is 0. The Labute approximate surface area is 114 Å². The maximum absolute atomic E-state index is 2.52. The molecule has 0 aliphatic heterocycles. The fraction of sp³-hybridized carbons (Fsp3) is 1.00. The Balaban J connectivity index is 5.18. The molecule has 0 unspecified atom stereocenters. The van der Waals surface area contributed by atoms with Crippen LogP contribution in [-0.2, 0) is 0 Å². The lowest BCUT2D eigenvalue weighted by Gasteiger charge is -2.55. The van der Waals surface area contributed by atoms with E-state index < -0.39 is 15.2 Å². The Morgan fingerprint density at radius 1 is 0.647 bits per heavy atom. The first-order chi connectivity index (χ1) is 7.84. The summed E-state index contributed by atoms with van der Waals surface area (Å²) in [5.74, 6) is 0. The third-order valence-corrected chi connectivity index (χ3v) is 39.2. The third kappa shape index (κ3) is 3.80. The molecule has 0 aliphatic carbocycles. The second kappa shape index (κ2) is 7.29. The molecule has 0 saturated heterocycles. The molecule has 0 saturated carbocycles. The fourth-order valence-electron chi connectivity index (χ4n) is 3.45. The van der Waals surface area contributed by atoms with Crippen LogP contribution in [0.15, 0.2) is 0 Å². The van der Waals surface area contributed by atoms with Gasteiger partial charge in [0.25, 0.3) is 0 Å². The van der Waals surface area contributed by atoms with Crippen LogP contribution in [0.1, 0.15) is 55.4 Å². The Morgan fingerprint density at radius 2 is 0.882 bits per heavy atom. The van der Waals surface area contributed by atoms with Crippen molar-refractivity contribution in [2.24, 2.45) is 0 Å². The average Bonchev–Trinajstić information content (AvgIpc) is 2.31. The molecular weight excluding hydrogens is 252 g/mol. The predicted octanol–water partition coefficient (Wildman–Crippen LogP) is 5.21. The summed E-state index contributed by atoms with van der Waals surface area (Å²) in [5.41, 5.74) is 2.02. The third-order valence-electron chi connectivity index (χ3n) is 5.51. The minimum absolute atomic E-state index is 0.801. The molecule has 0 amide bonds. The molecular formula is C14H35Si3-. The molecule has 17 heavy (non-hydrogen) atoms. The zero-order valence-corrected chi connectivity index (χ0v) is 16.7. The molecule has 0 aromatic heterocycles. The Morgan fingerprint density at radius 3 is 1.00 bits per heavy atom. The quantitative estimate of drug-likeness (QED) is 0.537. The monoisotopic (exact) mass is 287 g/mol. The minimum atomic E-state index is -0.916. The molecule has 0 spiro atoms. The largest absolute Gasteiger partial charge is 0.270 e. The van der Waals surface area contributed by atoms with Gasteiger partial charge in [-0.2, -0.15) is 0 Å². The van der Waals surface area contributed by atoms with Crippen LogP contribution in [0.25, 0.3) is 0 Å². The zero-order chi connectivity index (χ0) is 13.7. The van der Waals surface area contributed by atoms with Crippen molar-refractivity contribution in [2.75, 3.05) is 0 Å². The maximum atomic E-state index is 2.52. The van der Waals surface area contributed by atoms with Gasteiger partial charge >= 0.3 is 0 Å². The van der Waals surface area contributed by atoms with Crippen molar-refractivity contribution in [2.45, 2.75) is 90.6 Å². The zero-order valence-electron chi connectivity index (χ0n) is 13.6. The van der Waals surface area contributed by atoms with Crippen molar-refractivity contribution in [1.29, 1.82) is 0 Å². The van der Waals surface area contributed by atoms with Crippen LogP contribution in [0.3, 0.4) is 0 Å². The van der Waals surface area contributed by atoms with Crippen molar-refractivity contribution in [3.8, 4) is 0 Å². The van der Waals surface area contributed by atoms with E-state index in [1.165, 1.54) is 24.2 Å². The Hall–Kier alpha value is 0.651. The number of rotatable bonds is 8. The first-order valence-electron chi connectivity index (χ1n) is 7.71. The van der Waals surface area contributed by atoms with Crippen LogP contribution in [-0.4, -0.2) is 23.7 Å². The van der Waals surface area contributed by atoms with E-state index in [4.69, 9.17) is 0 Å². The van der Waals surface area contributed by atoms with Gasteiger partial charge in [-0.15, -0.1) is 0 Å². The van der Waals surface area contributed by atoms with Gasteiger partial charge in [0, 0.05) is 0 Å². The summed E-state index contributed by atoms with van der Waals surface area (Å²) in [5, 5.41) is 0. The SMILES string of the molecule is CC[Si](CC)([SiH-][Si](CC)(CC)C(C)C)C(C)C. The molecule has 3 heteroatoms. The Bertz CT molecular complexity index is 182. The van der Waals surface area contributed by atoms with Gasteiger partial charge in [0.1, 0.15) is 0 Å². The Kier molecular flexibility index (Phi) is 7.57.